The number of rotatable bonds is 1. The molecule has 35 valence electrons. The standard InChI is InChI=1S/C3H8N3/c1-2(4)3(5)6/h2H,1,4H2,(H3,5,6). The van der Waals surface area contributed by atoms with Gasteiger partial charge >= 0.3 is 0 Å². The van der Waals surface area contributed by atoms with E-state index in [1.807, 2.05) is 0 Å². The number of hydrogen-bond acceptors (Lipinski definition) is 2. The summed E-state index contributed by atoms with van der Waals surface area (Å²) in [6.45, 7) is 3.27. The molecule has 0 aliphatic rings. The molecule has 6 heavy (non-hydrogen) atoms. The number of hydrogen-bond donors (Lipinski definition) is 3. The highest BCUT2D eigenvalue weighted by Crippen LogP contribution is 1.64. The fourth-order valence-electron chi connectivity index (χ4n) is 0. The molecular formula is C3H8N3. The van der Waals surface area contributed by atoms with Crippen molar-refractivity contribution < 1.29 is 0 Å². The Labute approximate surface area is 36.8 Å². The van der Waals surface area contributed by atoms with Crippen LogP contribution < -0.4 is 11.5 Å². The van der Waals surface area contributed by atoms with Gasteiger partial charge in [-0.25, -0.2) is 0 Å². The Morgan fingerprint density at radius 1 is 1.83 bits per heavy atom. The van der Waals surface area contributed by atoms with Crippen molar-refractivity contribution in [1.82, 2.24) is 0 Å². The number of nitrogens with one attached hydrogen (secondary N) is 1. The zero-order chi connectivity index (χ0) is 5.15. The predicted octanol–water partition coefficient (Wildman–Crippen LogP) is -0.916. The maximum absolute atomic E-state index is 6.54. The van der Waals surface area contributed by atoms with E-state index in [0.29, 0.717) is 0 Å². The van der Waals surface area contributed by atoms with Gasteiger partial charge in [0, 0.05) is 0 Å². The second-order valence-electron chi connectivity index (χ2n) is 1.06. The van der Waals surface area contributed by atoms with Crippen molar-refractivity contribution in [3.63, 3.8) is 0 Å². The van der Waals surface area contributed by atoms with Gasteiger partial charge in [-0.1, -0.05) is 0 Å². The Morgan fingerprint density at radius 3 is 2.00 bits per heavy atom. The summed E-state index contributed by atoms with van der Waals surface area (Å²) >= 11 is 0. The predicted molar refractivity (Wildman–Crippen MR) is 25.2 cm³/mol. The average molecular weight is 86.1 g/mol. The first-order valence-electron chi connectivity index (χ1n) is 1.57. The lowest BCUT2D eigenvalue weighted by Gasteiger charge is -1.96. The van der Waals surface area contributed by atoms with E-state index in [1.54, 1.807) is 0 Å². The van der Waals surface area contributed by atoms with E-state index in [9.17, 15) is 0 Å². The summed E-state index contributed by atoms with van der Waals surface area (Å²) < 4.78 is 0. The van der Waals surface area contributed by atoms with E-state index < -0.39 is 6.04 Å². The summed E-state index contributed by atoms with van der Waals surface area (Å²) in [6.07, 6.45) is 0. The average Bonchev–Trinajstić information content (AvgIpc) is 1.36. The van der Waals surface area contributed by atoms with Crippen molar-refractivity contribution in [1.29, 1.82) is 5.41 Å². The first-order valence-corrected chi connectivity index (χ1v) is 1.57. The van der Waals surface area contributed by atoms with Crippen LogP contribution in [0.15, 0.2) is 0 Å². The highest BCUT2D eigenvalue weighted by molar-refractivity contribution is 5.82. The van der Waals surface area contributed by atoms with Gasteiger partial charge in [0.25, 0.3) is 0 Å². The van der Waals surface area contributed by atoms with Crippen molar-refractivity contribution in [2.24, 2.45) is 11.5 Å². The number of amidine groups is 1. The van der Waals surface area contributed by atoms with Crippen LogP contribution in [0.5, 0.6) is 0 Å². The monoisotopic (exact) mass is 86.1 g/mol. The van der Waals surface area contributed by atoms with Crippen LogP contribution in [0.25, 0.3) is 0 Å². The molecule has 0 fully saturated rings. The topological polar surface area (TPSA) is 75.9 Å². The Balaban J connectivity index is 3.26. The van der Waals surface area contributed by atoms with Crippen LogP contribution >= 0.6 is 0 Å². The second-order valence-corrected chi connectivity index (χ2v) is 1.06. The molecule has 0 aromatic rings. The van der Waals surface area contributed by atoms with Gasteiger partial charge in [0.15, 0.2) is 0 Å². The summed E-state index contributed by atoms with van der Waals surface area (Å²) in [5.74, 6) is -0.0741. The lowest BCUT2D eigenvalue weighted by atomic mass is 10.3. The van der Waals surface area contributed by atoms with Gasteiger partial charge in [0.2, 0.25) is 0 Å². The van der Waals surface area contributed by atoms with E-state index in [2.05, 4.69) is 6.92 Å². The lowest BCUT2D eigenvalue weighted by Crippen LogP contribution is -2.32. The Morgan fingerprint density at radius 2 is 2.00 bits per heavy atom. The highest BCUT2D eigenvalue weighted by Gasteiger charge is 1.91. The minimum absolute atomic E-state index is 0.0741. The van der Waals surface area contributed by atoms with E-state index in [-0.39, 0.29) is 5.84 Å². The Hall–Kier alpha value is -0.570. The van der Waals surface area contributed by atoms with Crippen LogP contribution in [0.4, 0.5) is 0 Å². The van der Waals surface area contributed by atoms with E-state index in [4.69, 9.17) is 16.9 Å². The third-order valence-electron chi connectivity index (χ3n) is 0.399. The Bertz CT molecular complexity index is 57.1. The van der Waals surface area contributed by atoms with Crippen LogP contribution in [-0.4, -0.2) is 11.9 Å². The molecule has 5 N–H and O–H groups in total. The zero-order valence-corrected chi connectivity index (χ0v) is 3.44. The summed E-state index contributed by atoms with van der Waals surface area (Å²) in [4.78, 5) is 0. The maximum Gasteiger partial charge on any atom is 0.108 e. The van der Waals surface area contributed by atoms with Crippen molar-refractivity contribution >= 4 is 5.84 Å². The molecule has 0 heterocycles. The molecule has 0 aliphatic heterocycles. The minimum Gasteiger partial charge on any atom is -0.386 e. The van der Waals surface area contributed by atoms with Gasteiger partial charge in [-0.2, -0.15) is 0 Å². The Kier molecular flexibility index (Phi) is 1.60. The van der Waals surface area contributed by atoms with Crippen LogP contribution in [0, 0.1) is 12.3 Å². The second kappa shape index (κ2) is 1.77. The summed E-state index contributed by atoms with van der Waals surface area (Å²) in [5.41, 5.74) is 9.81. The molecule has 0 saturated carbocycles. The van der Waals surface area contributed by atoms with E-state index >= 15 is 0 Å². The molecule has 3 heteroatoms. The summed E-state index contributed by atoms with van der Waals surface area (Å²) in [6, 6.07) is -0.537. The van der Waals surface area contributed by atoms with Crippen molar-refractivity contribution in [3.05, 3.63) is 6.92 Å². The smallest absolute Gasteiger partial charge is 0.108 e. The van der Waals surface area contributed by atoms with Gasteiger partial charge in [-0.05, 0) is 6.92 Å². The maximum atomic E-state index is 6.54. The largest absolute Gasteiger partial charge is 0.386 e. The first-order chi connectivity index (χ1) is 2.64. The van der Waals surface area contributed by atoms with Gasteiger partial charge in [0.05, 0.1) is 6.04 Å². The molecule has 1 atom stereocenters. The highest BCUT2D eigenvalue weighted by atomic mass is 14.8. The molecule has 0 bridgehead atoms. The zero-order valence-electron chi connectivity index (χ0n) is 3.44. The van der Waals surface area contributed by atoms with E-state index in [0.717, 1.165) is 0 Å². The van der Waals surface area contributed by atoms with Crippen molar-refractivity contribution in [2.75, 3.05) is 0 Å². The molecule has 0 spiro atoms. The fraction of sp³-hybridized carbons (Fsp3) is 0.333. The van der Waals surface area contributed by atoms with Gasteiger partial charge in [-0.15, -0.1) is 0 Å². The molecule has 0 rings (SSSR count). The van der Waals surface area contributed by atoms with Crippen LogP contribution in [0.1, 0.15) is 0 Å². The molecular weight excluding hydrogens is 78.1 g/mol. The lowest BCUT2D eigenvalue weighted by molar-refractivity contribution is 1.05. The van der Waals surface area contributed by atoms with Crippen molar-refractivity contribution in [2.45, 2.75) is 6.04 Å². The summed E-state index contributed by atoms with van der Waals surface area (Å²) in [5, 5.41) is 6.54. The van der Waals surface area contributed by atoms with Crippen LogP contribution in [-0.2, 0) is 0 Å². The molecule has 1 unspecified atom stereocenters. The number of nitrogens with two attached hydrogens (primary N) is 2. The van der Waals surface area contributed by atoms with Gasteiger partial charge in [0.1, 0.15) is 5.84 Å². The van der Waals surface area contributed by atoms with E-state index in [1.165, 1.54) is 0 Å². The normalized spacial score (nSPS) is 13.7. The van der Waals surface area contributed by atoms with Crippen molar-refractivity contribution in [3.8, 4) is 0 Å². The summed E-state index contributed by atoms with van der Waals surface area (Å²) in [7, 11) is 0. The third-order valence-corrected chi connectivity index (χ3v) is 0.399. The van der Waals surface area contributed by atoms with Gasteiger partial charge in [-0.3, -0.25) is 5.41 Å². The quantitative estimate of drug-likeness (QED) is 0.285. The molecule has 0 aromatic carbocycles. The molecule has 1 radical (unpaired) electrons. The van der Waals surface area contributed by atoms with Crippen LogP contribution in [0.3, 0.4) is 0 Å². The molecule has 0 aromatic heterocycles. The third kappa shape index (κ3) is 1.72. The van der Waals surface area contributed by atoms with Gasteiger partial charge < -0.3 is 11.5 Å². The molecule has 3 nitrogen and oxygen atoms in total. The fourth-order valence-corrected chi connectivity index (χ4v) is 0. The first kappa shape index (κ1) is 5.43. The van der Waals surface area contributed by atoms with Crippen LogP contribution in [0.2, 0.25) is 0 Å². The minimum atomic E-state index is -0.537. The SMILES string of the molecule is [CH2]C(N)C(=N)N. The molecule has 0 aliphatic carbocycles. The molecule has 0 amide bonds. The molecule has 0 saturated heterocycles.